The molecule has 1 heterocycles. The molecule has 0 amide bonds. The first-order valence-electron chi connectivity index (χ1n) is 4.66. The molecule has 0 atom stereocenters. The first kappa shape index (κ1) is 10.9. The van der Waals surface area contributed by atoms with Gasteiger partial charge in [-0.3, -0.25) is 4.98 Å². The van der Waals surface area contributed by atoms with Crippen LogP contribution in [0.2, 0.25) is 0 Å². The van der Waals surface area contributed by atoms with Gasteiger partial charge in [0.2, 0.25) is 5.88 Å². The molecule has 0 saturated heterocycles. The zero-order chi connectivity index (χ0) is 11.5. The van der Waals surface area contributed by atoms with E-state index in [1.54, 1.807) is 24.5 Å². The summed E-state index contributed by atoms with van der Waals surface area (Å²) in [5, 5.41) is 0. The van der Waals surface area contributed by atoms with Crippen LogP contribution in [0.4, 0.5) is 5.69 Å². The molecule has 0 fully saturated rings. The largest absolute Gasteiger partial charge is 0.437 e. The third-order valence-corrected chi connectivity index (χ3v) is 2.40. The molecule has 2 N–H and O–H groups in total. The molecule has 1 aromatic heterocycles. The van der Waals surface area contributed by atoms with Crippen LogP contribution in [0.3, 0.4) is 0 Å². The molecule has 4 nitrogen and oxygen atoms in total. The van der Waals surface area contributed by atoms with Crippen LogP contribution in [0.25, 0.3) is 0 Å². The second kappa shape index (κ2) is 4.49. The van der Waals surface area contributed by atoms with Crippen molar-refractivity contribution in [1.82, 2.24) is 9.97 Å². The maximum atomic E-state index is 5.71. The van der Waals surface area contributed by atoms with Gasteiger partial charge in [-0.1, -0.05) is 15.9 Å². The van der Waals surface area contributed by atoms with Crippen LogP contribution in [0.1, 0.15) is 5.69 Å². The highest BCUT2D eigenvalue weighted by atomic mass is 79.9. The second-order valence-electron chi connectivity index (χ2n) is 3.27. The number of benzene rings is 1. The first-order chi connectivity index (χ1) is 7.65. The number of ether oxygens (including phenoxy) is 1. The molecule has 5 heteroatoms. The van der Waals surface area contributed by atoms with Crippen LogP contribution in [0, 0.1) is 6.92 Å². The number of rotatable bonds is 2. The van der Waals surface area contributed by atoms with Gasteiger partial charge in [-0.05, 0) is 19.1 Å². The van der Waals surface area contributed by atoms with E-state index in [0.717, 1.165) is 10.2 Å². The summed E-state index contributed by atoms with van der Waals surface area (Å²) >= 11 is 3.35. The highest BCUT2D eigenvalue weighted by Gasteiger charge is 2.04. The fourth-order valence-corrected chi connectivity index (χ4v) is 1.74. The van der Waals surface area contributed by atoms with Gasteiger partial charge in [0.05, 0.1) is 5.69 Å². The zero-order valence-electron chi connectivity index (χ0n) is 8.64. The monoisotopic (exact) mass is 279 g/mol. The molecule has 0 aliphatic carbocycles. The topological polar surface area (TPSA) is 61.0 Å². The summed E-state index contributed by atoms with van der Waals surface area (Å²) in [6.07, 6.45) is 3.21. The lowest BCUT2D eigenvalue weighted by molar-refractivity contribution is 0.455. The van der Waals surface area contributed by atoms with Crippen LogP contribution in [-0.2, 0) is 0 Å². The number of nitrogens with zero attached hydrogens (tertiary/aromatic N) is 2. The molecule has 0 radical (unpaired) electrons. The van der Waals surface area contributed by atoms with Crippen LogP contribution < -0.4 is 10.5 Å². The van der Waals surface area contributed by atoms with Crippen LogP contribution in [-0.4, -0.2) is 9.97 Å². The molecule has 0 saturated carbocycles. The molecule has 0 spiro atoms. The van der Waals surface area contributed by atoms with E-state index in [1.165, 1.54) is 0 Å². The maximum Gasteiger partial charge on any atom is 0.240 e. The lowest BCUT2D eigenvalue weighted by atomic mass is 10.3. The Morgan fingerprint density at radius 3 is 2.62 bits per heavy atom. The van der Waals surface area contributed by atoms with E-state index in [0.29, 0.717) is 17.3 Å². The average Bonchev–Trinajstić information content (AvgIpc) is 2.20. The molecule has 16 heavy (non-hydrogen) atoms. The average molecular weight is 280 g/mol. The van der Waals surface area contributed by atoms with Gasteiger partial charge in [0.25, 0.3) is 0 Å². The Kier molecular flexibility index (Phi) is 3.05. The molecule has 1 aromatic carbocycles. The normalized spacial score (nSPS) is 10.1. The molecular weight excluding hydrogens is 270 g/mol. The smallest absolute Gasteiger partial charge is 0.240 e. The van der Waals surface area contributed by atoms with Gasteiger partial charge in [-0.2, -0.15) is 0 Å². The summed E-state index contributed by atoms with van der Waals surface area (Å²) in [4.78, 5) is 8.18. The number of aromatic nitrogens is 2. The number of halogens is 1. The number of hydrogen-bond donors (Lipinski definition) is 1. The minimum absolute atomic E-state index is 0.486. The van der Waals surface area contributed by atoms with Crippen molar-refractivity contribution < 1.29 is 4.74 Å². The maximum absolute atomic E-state index is 5.71. The third kappa shape index (κ3) is 2.49. The standard InChI is InChI=1S/C11H10BrN3O/c1-7-11(15-3-2-14-7)16-10-5-8(12)4-9(13)6-10/h2-6H,13H2,1H3. The molecule has 0 aliphatic heterocycles. The van der Waals surface area contributed by atoms with Crippen molar-refractivity contribution in [2.75, 3.05) is 5.73 Å². The minimum Gasteiger partial charge on any atom is -0.437 e. The Morgan fingerprint density at radius 1 is 1.19 bits per heavy atom. The minimum atomic E-state index is 0.486. The van der Waals surface area contributed by atoms with E-state index >= 15 is 0 Å². The lowest BCUT2D eigenvalue weighted by Gasteiger charge is -2.07. The van der Waals surface area contributed by atoms with Gasteiger partial charge in [0.1, 0.15) is 5.75 Å². The molecule has 0 unspecified atom stereocenters. The zero-order valence-corrected chi connectivity index (χ0v) is 10.2. The number of nitrogen functional groups attached to an aromatic ring is 1. The van der Waals surface area contributed by atoms with Gasteiger partial charge < -0.3 is 10.5 Å². The Balaban J connectivity index is 2.30. The Morgan fingerprint density at radius 2 is 1.94 bits per heavy atom. The van der Waals surface area contributed by atoms with Gasteiger partial charge >= 0.3 is 0 Å². The van der Waals surface area contributed by atoms with Gasteiger partial charge in [-0.25, -0.2) is 4.98 Å². The lowest BCUT2D eigenvalue weighted by Crippen LogP contribution is -1.94. The predicted molar refractivity (Wildman–Crippen MR) is 65.4 cm³/mol. The van der Waals surface area contributed by atoms with Crippen LogP contribution in [0.15, 0.2) is 35.1 Å². The highest BCUT2D eigenvalue weighted by Crippen LogP contribution is 2.27. The van der Waals surface area contributed by atoms with E-state index < -0.39 is 0 Å². The Bertz CT molecular complexity index is 496. The van der Waals surface area contributed by atoms with Crippen molar-refractivity contribution >= 4 is 21.6 Å². The van der Waals surface area contributed by atoms with E-state index in [9.17, 15) is 0 Å². The first-order valence-corrected chi connectivity index (χ1v) is 5.46. The van der Waals surface area contributed by atoms with Crippen molar-refractivity contribution in [1.29, 1.82) is 0 Å². The SMILES string of the molecule is Cc1nccnc1Oc1cc(N)cc(Br)c1. The van der Waals surface area contributed by atoms with E-state index in [1.807, 2.05) is 13.0 Å². The summed E-state index contributed by atoms with van der Waals surface area (Å²) in [6, 6.07) is 5.36. The highest BCUT2D eigenvalue weighted by molar-refractivity contribution is 9.10. The van der Waals surface area contributed by atoms with Crippen molar-refractivity contribution in [3.63, 3.8) is 0 Å². The van der Waals surface area contributed by atoms with Crippen molar-refractivity contribution in [3.8, 4) is 11.6 Å². The van der Waals surface area contributed by atoms with Gasteiger partial charge in [0.15, 0.2) is 0 Å². The predicted octanol–water partition coefficient (Wildman–Crippen LogP) is 2.92. The quantitative estimate of drug-likeness (QED) is 0.859. The number of nitrogens with two attached hydrogens (primary N) is 1. The fraction of sp³-hybridized carbons (Fsp3) is 0.0909. The van der Waals surface area contributed by atoms with Crippen LogP contribution >= 0.6 is 15.9 Å². The van der Waals surface area contributed by atoms with Crippen LogP contribution in [0.5, 0.6) is 11.6 Å². The molecular formula is C11H10BrN3O. The summed E-state index contributed by atoms with van der Waals surface area (Å²) in [7, 11) is 0. The number of hydrogen-bond acceptors (Lipinski definition) is 4. The summed E-state index contributed by atoms with van der Waals surface area (Å²) in [6.45, 7) is 1.84. The fourth-order valence-electron chi connectivity index (χ4n) is 1.25. The molecule has 2 rings (SSSR count). The van der Waals surface area contributed by atoms with E-state index in [2.05, 4.69) is 25.9 Å². The van der Waals surface area contributed by atoms with Gasteiger partial charge in [-0.15, -0.1) is 0 Å². The number of aryl methyl sites for hydroxylation is 1. The molecule has 2 aromatic rings. The molecule has 0 aliphatic rings. The summed E-state index contributed by atoms with van der Waals surface area (Å²) in [5.41, 5.74) is 7.07. The second-order valence-corrected chi connectivity index (χ2v) is 4.18. The number of anilines is 1. The molecule has 82 valence electrons. The Hall–Kier alpha value is -1.62. The molecule has 0 bridgehead atoms. The van der Waals surface area contributed by atoms with Gasteiger partial charge in [0, 0.05) is 28.6 Å². The van der Waals surface area contributed by atoms with Crippen molar-refractivity contribution in [2.24, 2.45) is 0 Å². The van der Waals surface area contributed by atoms with E-state index in [4.69, 9.17) is 10.5 Å². The summed E-state index contributed by atoms with van der Waals surface area (Å²) in [5.74, 6) is 1.12. The Labute approximate surface area is 102 Å². The third-order valence-electron chi connectivity index (χ3n) is 1.94. The summed E-state index contributed by atoms with van der Waals surface area (Å²) < 4.78 is 6.45. The van der Waals surface area contributed by atoms with Crippen molar-refractivity contribution in [3.05, 3.63) is 40.8 Å². The van der Waals surface area contributed by atoms with E-state index in [-0.39, 0.29) is 0 Å². The van der Waals surface area contributed by atoms with Crippen molar-refractivity contribution in [2.45, 2.75) is 6.92 Å².